The second-order valence-electron chi connectivity index (χ2n) is 6.42. The number of carboxylic acid groups (broad SMARTS) is 1. The molecule has 26 heavy (non-hydrogen) atoms. The van der Waals surface area contributed by atoms with Crippen LogP contribution in [0.1, 0.15) is 27.0 Å². The van der Waals surface area contributed by atoms with Gasteiger partial charge >= 0.3 is 5.97 Å². The molecule has 0 fully saturated rings. The van der Waals surface area contributed by atoms with Crippen molar-refractivity contribution < 1.29 is 14.7 Å². The molecule has 1 aliphatic rings. The SMILES string of the molecule is O=C(O)c1ccc2c(c1)CN(C(=O)C=Cc1c[nH]c3ccccc13)CC2. The molecule has 5 nitrogen and oxygen atoms in total. The van der Waals surface area contributed by atoms with Gasteiger partial charge < -0.3 is 15.0 Å². The summed E-state index contributed by atoms with van der Waals surface area (Å²) in [5, 5.41) is 10.2. The van der Waals surface area contributed by atoms with Crippen LogP contribution in [-0.4, -0.2) is 33.4 Å². The summed E-state index contributed by atoms with van der Waals surface area (Å²) < 4.78 is 0. The molecule has 0 saturated heterocycles. The van der Waals surface area contributed by atoms with Crippen LogP contribution in [0.5, 0.6) is 0 Å². The lowest BCUT2D eigenvalue weighted by Gasteiger charge is -2.28. The molecule has 3 aromatic rings. The number of carbonyl (C=O) groups excluding carboxylic acids is 1. The molecule has 0 bridgehead atoms. The van der Waals surface area contributed by atoms with Crippen molar-refractivity contribution in [2.24, 2.45) is 0 Å². The van der Waals surface area contributed by atoms with Crippen LogP contribution in [0.2, 0.25) is 0 Å². The Labute approximate surface area is 150 Å². The van der Waals surface area contributed by atoms with Crippen molar-refractivity contribution in [3.05, 3.63) is 77.0 Å². The van der Waals surface area contributed by atoms with Crippen molar-refractivity contribution in [3.63, 3.8) is 0 Å². The highest BCUT2D eigenvalue weighted by molar-refractivity contribution is 5.96. The molecule has 1 aliphatic heterocycles. The zero-order valence-corrected chi connectivity index (χ0v) is 14.1. The van der Waals surface area contributed by atoms with Gasteiger partial charge in [0.05, 0.1) is 5.56 Å². The number of para-hydroxylation sites is 1. The Hall–Kier alpha value is -3.34. The number of nitrogens with one attached hydrogen (secondary N) is 1. The Morgan fingerprint density at radius 3 is 2.81 bits per heavy atom. The smallest absolute Gasteiger partial charge is 0.335 e. The van der Waals surface area contributed by atoms with Crippen LogP contribution in [0.4, 0.5) is 0 Å². The fourth-order valence-electron chi connectivity index (χ4n) is 3.38. The van der Waals surface area contributed by atoms with E-state index in [2.05, 4.69) is 4.98 Å². The molecule has 2 N–H and O–H groups in total. The first-order valence-electron chi connectivity index (χ1n) is 8.50. The third-order valence-electron chi connectivity index (χ3n) is 4.80. The number of rotatable bonds is 3. The van der Waals surface area contributed by atoms with Crippen LogP contribution in [0, 0.1) is 0 Å². The van der Waals surface area contributed by atoms with Gasteiger partial charge in [0, 0.05) is 36.3 Å². The van der Waals surface area contributed by atoms with Crippen molar-refractivity contribution in [2.75, 3.05) is 6.54 Å². The Kier molecular flexibility index (Phi) is 4.05. The summed E-state index contributed by atoms with van der Waals surface area (Å²) in [5.74, 6) is -1.02. The van der Waals surface area contributed by atoms with E-state index >= 15 is 0 Å². The molecule has 5 heteroatoms. The maximum absolute atomic E-state index is 12.6. The molecular formula is C21H18N2O3. The fraction of sp³-hybridized carbons (Fsp3) is 0.143. The predicted molar refractivity (Wildman–Crippen MR) is 99.9 cm³/mol. The molecule has 0 unspecified atom stereocenters. The minimum atomic E-state index is -0.949. The van der Waals surface area contributed by atoms with E-state index in [1.807, 2.05) is 42.6 Å². The van der Waals surface area contributed by atoms with Crippen molar-refractivity contribution in [3.8, 4) is 0 Å². The average Bonchev–Trinajstić information content (AvgIpc) is 3.08. The first-order valence-corrected chi connectivity index (χ1v) is 8.50. The highest BCUT2D eigenvalue weighted by atomic mass is 16.4. The van der Waals surface area contributed by atoms with Crippen LogP contribution < -0.4 is 0 Å². The summed E-state index contributed by atoms with van der Waals surface area (Å²) in [6.07, 6.45) is 6.03. The molecule has 2 heterocycles. The second kappa shape index (κ2) is 6.52. The number of aromatic carboxylic acids is 1. The number of carboxylic acids is 1. The molecule has 0 aliphatic carbocycles. The average molecular weight is 346 g/mol. The molecule has 4 rings (SSSR count). The van der Waals surface area contributed by atoms with E-state index in [1.165, 1.54) is 0 Å². The normalized spacial score (nSPS) is 13.9. The molecule has 1 amide bonds. The number of nitrogens with zero attached hydrogens (tertiary/aromatic N) is 1. The molecular weight excluding hydrogens is 328 g/mol. The number of benzene rings is 2. The summed E-state index contributed by atoms with van der Waals surface area (Å²) in [6, 6.07) is 13.1. The van der Waals surface area contributed by atoms with E-state index in [-0.39, 0.29) is 11.5 Å². The maximum Gasteiger partial charge on any atom is 0.335 e. The Bertz CT molecular complexity index is 1030. The molecule has 0 spiro atoms. The monoisotopic (exact) mass is 346 g/mol. The van der Waals surface area contributed by atoms with E-state index in [9.17, 15) is 9.59 Å². The first kappa shape index (κ1) is 16.1. The third-order valence-corrected chi connectivity index (χ3v) is 4.80. The highest BCUT2D eigenvalue weighted by Gasteiger charge is 2.20. The number of hydrogen-bond donors (Lipinski definition) is 2. The molecule has 130 valence electrons. The summed E-state index contributed by atoms with van der Waals surface area (Å²) in [6.45, 7) is 1.07. The van der Waals surface area contributed by atoms with E-state index in [0.717, 1.165) is 34.0 Å². The van der Waals surface area contributed by atoms with Crippen LogP contribution in [0.15, 0.2) is 54.7 Å². The topological polar surface area (TPSA) is 73.4 Å². The zero-order chi connectivity index (χ0) is 18.1. The minimum absolute atomic E-state index is 0.0679. The summed E-state index contributed by atoms with van der Waals surface area (Å²) in [7, 11) is 0. The second-order valence-corrected chi connectivity index (χ2v) is 6.42. The van der Waals surface area contributed by atoms with Crippen molar-refractivity contribution in [1.82, 2.24) is 9.88 Å². The van der Waals surface area contributed by atoms with Crippen molar-refractivity contribution in [2.45, 2.75) is 13.0 Å². The number of hydrogen-bond acceptors (Lipinski definition) is 2. The van der Waals surface area contributed by atoms with Gasteiger partial charge in [-0.25, -0.2) is 4.79 Å². The van der Waals surface area contributed by atoms with Crippen molar-refractivity contribution >= 4 is 28.9 Å². The fourth-order valence-corrected chi connectivity index (χ4v) is 3.38. The summed E-state index contributed by atoms with van der Waals surface area (Å²) >= 11 is 0. The van der Waals surface area contributed by atoms with Gasteiger partial charge in [-0.05, 0) is 47.4 Å². The number of aromatic amines is 1. The van der Waals surface area contributed by atoms with Gasteiger partial charge in [0.15, 0.2) is 0 Å². The third kappa shape index (κ3) is 2.99. The predicted octanol–water partition coefficient (Wildman–Crippen LogP) is 3.46. The van der Waals surface area contributed by atoms with E-state index in [4.69, 9.17) is 5.11 Å². The lowest BCUT2D eigenvalue weighted by molar-refractivity contribution is -0.126. The summed E-state index contributed by atoms with van der Waals surface area (Å²) in [4.78, 5) is 28.7. The van der Waals surface area contributed by atoms with Gasteiger partial charge in [0.25, 0.3) is 0 Å². The van der Waals surface area contributed by atoms with Gasteiger partial charge in [-0.15, -0.1) is 0 Å². The Morgan fingerprint density at radius 2 is 1.96 bits per heavy atom. The van der Waals surface area contributed by atoms with Crippen LogP contribution in [0.3, 0.4) is 0 Å². The largest absolute Gasteiger partial charge is 0.478 e. The Balaban J connectivity index is 1.52. The number of fused-ring (bicyclic) bond motifs is 2. The quantitative estimate of drug-likeness (QED) is 0.713. The van der Waals surface area contributed by atoms with Crippen LogP contribution in [-0.2, 0) is 17.8 Å². The maximum atomic E-state index is 12.6. The lowest BCUT2D eigenvalue weighted by Crippen LogP contribution is -2.34. The molecule has 2 aromatic carbocycles. The van der Waals surface area contributed by atoms with Gasteiger partial charge in [0.2, 0.25) is 5.91 Å². The summed E-state index contributed by atoms with van der Waals surface area (Å²) in [5.41, 5.74) is 4.28. The number of carbonyl (C=O) groups is 2. The van der Waals surface area contributed by atoms with Gasteiger partial charge in [-0.3, -0.25) is 4.79 Å². The number of aromatic nitrogens is 1. The van der Waals surface area contributed by atoms with Crippen molar-refractivity contribution in [1.29, 1.82) is 0 Å². The zero-order valence-electron chi connectivity index (χ0n) is 14.1. The molecule has 0 radical (unpaired) electrons. The lowest BCUT2D eigenvalue weighted by atomic mass is 9.97. The van der Waals surface area contributed by atoms with E-state index < -0.39 is 5.97 Å². The highest BCUT2D eigenvalue weighted by Crippen LogP contribution is 2.22. The number of H-pyrrole nitrogens is 1. The van der Waals surface area contributed by atoms with Gasteiger partial charge in [-0.2, -0.15) is 0 Å². The van der Waals surface area contributed by atoms with Gasteiger partial charge in [-0.1, -0.05) is 24.3 Å². The standard InChI is InChI=1S/C21H18N2O3/c24-20(8-7-16-12-22-19-4-2-1-3-18(16)19)23-10-9-14-5-6-15(21(25)26)11-17(14)13-23/h1-8,11-12,22H,9-10,13H2,(H,25,26). The van der Waals surface area contributed by atoms with E-state index in [0.29, 0.717) is 13.1 Å². The number of amides is 1. The first-order chi connectivity index (χ1) is 12.6. The van der Waals surface area contributed by atoms with Crippen LogP contribution in [0.25, 0.3) is 17.0 Å². The van der Waals surface area contributed by atoms with E-state index in [1.54, 1.807) is 23.1 Å². The molecule has 1 aromatic heterocycles. The minimum Gasteiger partial charge on any atom is -0.478 e. The molecule has 0 saturated carbocycles. The Morgan fingerprint density at radius 1 is 1.12 bits per heavy atom. The van der Waals surface area contributed by atoms with Gasteiger partial charge in [0.1, 0.15) is 0 Å². The van der Waals surface area contributed by atoms with Crippen LogP contribution >= 0.6 is 0 Å². The molecule has 0 atom stereocenters.